The van der Waals surface area contributed by atoms with E-state index in [4.69, 9.17) is 21.8 Å². The summed E-state index contributed by atoms with van der Waals surface area (Å²) in [6, 6.07) is 7.08. The Labute approximate surface area is 105 Å². The lowest BCUT2D eigenvalue weighted by Crippen LogP contribution is -2.16. The minimum absolute atomic E-state index is 0.245. The van der Waals surface area contributed by atoms with E-state index in [1.807, 2.05) is 32.0 Å². The van der Waals surface area contributed by atoms with Crippen LogP contribution in [0.15, 0.2) is 28.7 Å². The molecule has 90 valence electrons. The minimum atomic E-state index is -0.251. The monoisotopic (exact) mass is 251 g/mol. The highest BCUT2D eigenvalue weighted by Gasteiger charge is 2.19. The van der Waals surface area contributed by atoms with Crippen LogP contribution in [0.2, 0.25) is 5.02 Å². The summed E-state index contributed by atoms with van der Waals surface area (Å²) in [5.74, 6) is 1.09. The molecule has 2 N–H and O–H groups in total. The fourth-order valence-electron chi connectivity index (χ4n) is 1.40. The van der Waals surface area contributed by atoms with Crippen molar-refractivity contribution in [3.63, 3.8) is 0 Å². The van der Waals surface area contributed by atoms with Crippen molar-refractivity contribution in [1.82, 2.24) is 10.2 Å². The van der Waals surface area contributed by atoms with Gasteiger partial charge in [0.1, 0.15) is 0 Å². The molecule has 1 aromatic carbocycles. The predicted molar refractivity (Wildman–Crippen MR) is 66.5 cm³/mol. The highest BCUT2D eigenvalue weighted by molar-refractivity contribution is 6.33. The molecule has 17 heavy (non-hydrogen) atoms. The van der Waals surface area contributed by atoms with Crippen LogP contribution in [-0.2, 0) is 0 Å². The number of benzene rings is 1. The van der Waals surface area contributed by atoms with E-state index in [9.17, 15) is 0 Å². The van der Waals surface area contributed by atoms with E-state index >= 15 is 0 Å². The summed E-state index contributed by atoms with van der Waals surface area (Å²) >= 11 is 6.05. The number of halogens is 1. The maximum Gasteiger partial charge on any atom is 0.249 e. The van der Waals surface area contributed by atoms with E-state index < -0.39 is 0 Å². The van der Waals surface area contributed by atoms with Gasteiger partial charge in [0.15, 0.2) is 0 Å². The van der Waals surface area contributed by atoms with Crippen LogP contribution in [0.5, 0.6) is 0 Å². The van der Waals surface area contributed by atoms with Gasteiger partial charge in [-0.25, -0.2) is 0 Å². The largest absolute Gasteiger partial charge is 0.419 e. The molecule has 1 atom stereocenters. The average molecular weight is 252 g/mol. The molecule has 0 fully saturated rings. The first-order chi connectivity index (χ1) is 8.09. The Morgan fingerprint density at radius 3 is 2.59 bits per heavy atom. The smallest absolute Gasteiger partial charge is 0.249 e. The van der Waals surface area contributed by atoms with Crippen molar-refractivity contribution in [3.05, 3.63) is 35.2 Å². The molecule has 0 aliphatic heterocycles. The Morgan fingerprint density at radius 2 is 1.94 bits per heavy atom. The molecule has 0 bridgehead atoms. The van der Waals surface area contributed by atoms with Crippen molar-refractivity contribution in [2.75, 3.05) is 0 Å². The van der Waals surface area contributed by atoms with Crippen molar-refractivity contribution in [3.8, 4) is 11.5 Å². The van der Waals surface area contributed by atoms with E-state index in [0.717, 1.165) is 5.56 Å². The van der Waals surface area contributed by atoms with Gasteiger partial charge in [-0.1, -0.05) is 37.6 Å². The Bertz CT molecular complexity index is 510. The highest BCUT2D eigenvalue weighted by atomic mass is 35.5. The van der Waals surface area contributed by atoms with Gasteiger partial charge in [0.05, 0.1) is 16.6 Å². The van der Waals surface area contributed by atoms with Crippen LogP contribution >= 0.6 is 11.6 Å². The van der Waals surface area contributed by atoms with Crippen LogP contribution < -0.4 is 5.73 Å². The number of nitrogens with two attached hydrogens (primary N) is 1. The zero-order valence-electron chi connectivity index (χ0n) is 9.72. The second-order valence-corrected chi connectivity index (χ2v) is 4.60. The first kappa shape index (κ1) is 12.1. The summed E-state index contributed by atoms with van der Waals surface area (Å²) in [7, 11) is 0. The fraction of sp³-hybridized carbons (Fsp3) is 0.333. The van der Waals surface area contributed by atoms with E-state index in [1.54, 1.807) is 6.07 Å². The molecule has 0 radical (unpaired) electrons. The predicted octanol–water partition coefficient (Wildman–Crippen LogP) is 3.05. The Morgan fingerprint density at radius 1 is 1.24 bits per heavy atom. The van der Waals surface area contributed by atoms with Crippen molar-refractivity contribution < 1.29 is 4.42 Å². The molecule has 1 aromatic heterocycles. The number of hydrogen-bond acceptors (Lipinski definition) is 4. The van der Waals surface area contributed by atoms with Gasteiger partial charge in [-0.15, -0.1) is 10.2 Å². The van der Waals surface area contributed by atoms with Crippen LogP contribution in [0, 0.1) is 5.92 Å². The highest BCUT2D eigenvalue weighted by Crippen LogP contribution is 2.28. The third-order valence-corrected chi connectivity index (χ3v) is 2.88. The van der Waals surface area contributed by atoms with Crippen molar-refractivity contribution in [2.24, 2.45) is 11.7 Å². The van der Waals surface area contributed by atoms with E-state index in [-0.39, 0.29) is 12.0 Å². The van der Waals surface area contributed by atoms with Gasteiger partial charge >= 0.3 is 0 Å². The molecule has 0 aliphatic rings. The van der Waals surface area contributed by atoms with Crippen molar-refractivity contribution in [2.45, 2.75) is 19.9 Å². The van der Waals surface area contributed by atoms with Gasteiger partial charge < -0.3 is 10.2 Å². The molecule has 0 spiro atoms. The molecule has 0 saturated heterocycles. The van der Waals surface area contributed by atoms with Crippen LogP contribution in [-0.4, -0.2) is 10.2 Å². The molecular formula is C12H14ClN3O. The van der Waals surface area contributed by atoms with Gasteiger partial charge in [0.2, 0.25) is 11.8 Å². The maximum absolute atomic E-state index is 6.05. The molecule has 2 aromatic rings. The lowest BCUT2D eigenvalue weighted by Gasteiger charge is -2.09. The lowest BCUT2D eigenvalue weighted by molar-refractivity contribution is 0.394. The Hall–Kier alpha value is -1.39. The molecular weight excluding hydrogens is 238 g/mol. The van der Waals surface area contributed by atoms with Crippen LogP contribution in [0.25, 0.3) is 11.5 Å². The summed E-state index contributed by atoms with van der Waals surface area (Å²) in [6.07, 6.45) is 0. The molecule has 4 nitrogen and oxygen atoms in total. The van der Waals surface area contributed by atoms with Gasteiger partial charge in [-0.05, 0) is 18.1 Å². The first-order valence-electron chi connectivity index (χ1n) is 5.43. The van der Waals surface area contributed by atoms with Crippen LogP contribution in [0.1, 0.15) is 25.8 Å². The molecule has 0 aliphatic carbocycles. The number of aromatic nitrogens is 2. The third-order valence-electron chi connectivity index (χ3n) is 2.55. The van der Waals surface area contributed by atoms with E-state index in [2.05, 4.69) is 10.2 Å². The van der Waals surface area contributed by atoms with Gasteiger partial charge in [-0.2, -0.15) is 0 Å². The zero-order valence-corrected chi connectivity index (χ0v) is 10.5. The van der Waals surface area contributed by atoms with E-state index in [0.29, 0.717) is 16.8 Å². The number of nitrogens with zero attached hydrogens (tertiary/aromatic N) is 2. The first-order valence-corrected chi connectivity index (χ1v) is 5.81. The van der Waals surface area contributed by atoms with Gasteiger partial charge in [-0.3, -0.25) is 0 Å². The topological polar surface area (TPSA) is 64.9 Å². The zero-order chi connectivity index (χ0) is 12.4. The third kappa shape index (κ3) is 2.48. The lowest BCUT2D eigenvalue weighted by atomic mass is 10.1. The molecule has 2 rings (SSSR count). The standard InChI is InChI=1S/C12H14ClN3O/c1-7(2)10(14)12-16-15-11(17-12)8-5-3-4-6-9(8)13/h3-7,10H,14H2,1-2H3. The maximum atomic E-state index is 6.05. The van der Waals surface area contributed by atoms with Gasteiger partial charge in [0, 0.05) is 0 Å². The summed E-state index contributed by atoms with van der Waals surface area (Å²) in [4.78, 5) is 0. The second kappa shape index (κ2) is 4.85. The number of hydrogen-bond donors (Lipinski definition) is 1. The minimum Gasteiger partial charge on any atom is -0.419 e. The Kier molecular flexibility index (Phi) is 3.45. The quantitative estimate of drug-likeness (QED) is 0.911. The molecule has 0 saturated carbocycles. The molecule has 1 heterocycles. The van der Waals surface area contributed by atoms with Crippen molar-refractivity contribution >= 4 is 11.6 Å². The van der Waals surface area contributed by atoms with Crippen LogP contribution in [0.3, 0.4) is 0 Å². The summed E-state index contributed by atoms with van der Waals surface area (Å²) < 4.78 is 5.54. The second-order valence-electron chi connectivity index (χ2n) is 4.20. The van der Waals surface area contributed by atoms with Crippen molar-refractivity contribution in [1.29, 1.82) is 0 Å². The molecule has 0 amide bonds. The summed E-state index contributed by atoms with van der Waals surface area (Å²) in [5, 5.41) is 8.51. The molecule has 1 unspecified atom stereocenters. The average Bonchev–Trinajstić information content (AvgIpc) is 2.77. The normalized spacial score (nSPS) is 13.0. The SMILES string of the molecule is CC(C)C(N)c1nnc(-c2ccccc2Cl)o1. The number of rotatable bonds is 3. The van der Waals surface area contributed by atoms with Gasteiger partial charge in [0.25, 0.3) is 0 Å². The van der Waals surface area contributed by atoms with E-state index in [1.165, 1.54) is 0 Å². The fourth-order valence-corrected chi connectivity index (χ4v) is 1.61. The Balaban J connectivity index is 2.34. The molecule has 5 heteroatoms. The van der Waals surface area contributed by atoms with Crippen LogP contribution in [0.4, 0.5) is 0 Å². The summed E-state index contributed by atoms with van der Waals surface area (Å²) in [5.41, 5.74) is 6.66. The summed E-state index contributed by atoms with van der Waals surface area (Å²) in [6.45, 7) is 4.01.